The smallest absolute Gasteiger partial charge is 0.338 e. The molecule has 2 aromatic carbocycles. The van der Waals surface area contributed by atoms with Crippen molar-refractivity contribution in [2.45, 2.75) is 19.0 Å². The van der Waals surface area contributed by atoms with Crippen LogP contribution in [0.2, 0.25) is 0 Å². The van der Waals surface area contributed by atoms with E-state index < -0.39 is 71.3 Å². The van der Waals surface area contributed by atoms with Gasteiger partial charge in [0.2, 0.25) is 5.91 Å². The standard InChI is InChI=1S/C21H15F4N5O5/c1-2-35-21(34)9-3-5-10(6-4-9)26-13(31)8-29-18-16(27-28-29)19(32)30(20(18)33)17-14(24)11(22)7-12(23)15(17)25/h3-7,16,18H,2,8H2,1H3,(H,26,31)/t16-,18-/m1/s1. The number of amides is 3. The molecule has 0 spiro atoms. The van der Waals surface area contributed by atoms with Crippen LogP contribution in [0.4, 0.5) is 28.9 Å². The van der Waals surface area contributed by atoms with Crippen LogP contribution in [-0.2, 0) is 19.1 Å². The zero-order chi connectivity index (χ0) is 25.4. The molecule has 14 heteroatoms. The molecule has 1 fully saturated rings. The Morgan fingerprint density at radius 3 is 2.26 bits per heavy atom. The molecule has 0 bridgehead atoms. The summed E-state index contributed by atoms with van der Waals surface area (Å²) >= 11 is 0. The molecule has 2 atom stereocenters. The van der Waals surface area contributed by atoms with Crippen LogP contribution in [0.3, 0.4) is 0 Å². The van der Waals surface area contributed by atoms with E-state index in [1.54, 1.807) is 6.92 Å². The molecule has 1 saturated heterocycles. The predicted molar refractivity (Wildman–Crippen MR) is 109 cm³/mol. The molecule has 2 heterocycles. The zero-order valence-corrected chi connectivity index (χ0v) is 17.8. The average Bonchev–Trinajstić information content (AvgIpc) is 3.33. The van der Waals surface area contributed by atoms with Crippen molar-refractivity contribution in [3.05, 3.63) is 59.2 Å². The SMILES string of the molecule is CCOC(=O)c1ccc(NC(=O)CN2N=N[C@H]3C(=O)N(c4c(F)c(F)cc(F)c4F)C(=O)[C@@H]32)cc1. The maximum atomic E-state index is 14.2. The molecule has 2 aliphatic heterocycles. The lowest BCUT2D eigenvalue weighted by Gasteiger charge is -2.21. The molecule has 182 valence electrons. The van der Waals surface area contributed by atoms with Crippen molar-refractivity contribution in [2.24, 2.45) is 10.3 Å². The molecule has 35 heavy (non-hydrogen) atoms. The van der Waals surface area contributed by atoms with E-state index in [1.165, 1.54) is 24.3 Å². The highest BCUT2D eigenvalue weighted by Crippen LogP contribution is 2.36. The summed E-state index contributed by atoms with van der Waals surface area (Å²) in [5.41, 5.74) is -0.969. The summed E-state index contributed by atoms with van der Waals surface area (Å²) in [5, 5.41) is 10.5. The molecule has 0 unspecified atom stereocenters. The first kappa shape index (κ1) is 23.8. The van der Waals surface area contributed by atoms with Crippen LogP contribution in [0.1, 0.15) is 17.3 Å². The number of nitrogens with one attached hydrogen (secondary N) is 1. The van der Waals surface area contributed by atoms with Gasteiger partial charge in [-0.2, -0.15) is 5.11 Å². The minimum absolute atomic E-state index is 0.0383. The van der Waals surface area contributed by atoms with Gasteiger partial charge in [-0.1, -0.05) is 5.22 Å². The van der Waals surface area contributed by atoms with Crippen LogP contribution in [0.15, 0.2) is 40.7 Å². The molecule has 3 amide bonds. The van der Waals surface area contributed by atoms with E-state index in [0.717, 1.165) is 5.01 Å². The molecular weight excluding hydrogens is 478 g/mol. The number of carbonyl (C=O) groups excluding carboxylic acids is 4. The summed E-state index contributed by atoms with van der Waals surface area (Å²) in [6.07, 6.45) is 0. The number of anilines is 2. The van der Waals surface area contributed by atoms with Crippen molar-refractivity contribution in [2.75, 3.05) is 23.4 Å². The van der Waals surface area contributed by atoms with Crippen molar-refractivity contribution in [1.29, 1.82) is 0 Å². The van der Waals surface area contributed by atoms with Gasteiger partial charge in [0, 0.05) is 11.8 Å². The van der Waals surface area contributed by atoms with Crippen molar-refractivity contribution < 1.29 is 41.5 Å². The second-order valence-corrected chi connectivity index (χ2v) is 7.37. The van der Waals surface area contributed by atoms with E-state index in [4.69, 9.17) is 4.74 Å². The van der Waals surface area contributed by atoms with Gasteiger partial charge < -0.3 is 10.1 Å². The molecular formula is C21H15F4N5O5. The van der Waals surface area contributed by atoms with Crippen LogP contribution < -0.4 is 10.2 Å². The maximum absolute atomic E-state index is 14.2. The summed E-state index contributed by atoms with van der Waals surface area (Å²) in [6, 6.07) is 2.50. The third-order valence-electron chi connectivity index (χ3n) is 5.16. The number of fused-ring (bicyclic) bond motifs is 1. The highest BCUT2D eigenvalue weighted by molar-refractivity contribution is 6.25. The first-order valence-electron chi connectivity index (χ1n) is 10.1. The van der Waals surface area contributed by atoms with Gasteiger partial charge in [0.05, 0.1) is 12.2 Å². The number of carbonyl (C=O) groups is 4. The normalized spacial score (nSPS) is 18.8. The van der Waals surface area contributed by atoms with Crippen molar-refractivity contribution in [3.63, 3.8) is 0 Å². The molecule has 2 aliphatic rings. The third-order valence-corrected chi connectivity index (χ3v) is 5.16. The van der Waals surface area contributed by atoms with E-state index in [1.807, 2.05) is 0 Å². The maximum Gasteiger partial charge on any atom is 0.338 e. The minimum atomic E-state index is -1.93. The van der Waals surface area contributed by atoms with Gasteiger partial charge in [0.15, 0.2) is 35.4 Å². The quantitative estimate of drug-likeness (QED) is 0.286. The van der Waals surface area contributed by atoms with E-state index in [0.29, 0.717) is 0 Å². The first-order valence-corrected chi connectivity index (χ1v) is 10.1. The summed E-state index contributed by atoms with van der Waals surface area (Å²) in [6.45, 7) is 1.24. The van der Waals surface area contributed by atoms with Gasteiger partial charge in [-0.05, 0) is 31.2 Å². The molecule has 4 rings (SSSR count). The lowest BCUT2D eigenvalue weighted by atomic mass is 10.1. The monoisotopic (exact) mass is 493 g/mol. The molecule has 0 aliphatic carbocycles. The number of halogens is 4. The van der Waals surface area contributed by atoms with Gasteiger partial charge >= 0.3 is 5.97 Å². The van der Waals surface area contributed by atoms with Gasteiger partial charge in [-0.25, -0.2) is 27.3 Å². The first-order chi connectivity index (χ1) is 16.6. The number of nitrogens with zero attached hydrogens (tertiary/aromatic N) is 4. The minimum Gasteiger partial charge on any atom is -0.462 e. The molecule has 0 radical (unpaired) electrons. The molecule has 10 nitrogen and oxygen atoms in total. The van der Waals surface area contributed by atoms with Gasteiger partial charge in [0.25, 0.3) is 11.8 Å². The number of imide groups is 1. The highest BCUT2D eigenvalue weighted by Gasteiger charge is 2.56. The van der Waals surface area contributed by atoms with E-state index in [9.17, 15) is 36.7 Å². The molecule has 2 aromatic rings. The lowest BCUT2D eigenvalue weighted by molar-refractivity contribution is -0.123. The topological polar surface area (TPSA) is 121 Å². The average molecular weight is 493 g/mol. The lowest BCUT2D eigenvalue weighted by Crippen LogP contribution is -2.43. The van der Waals surface area contributed by atoms with Crippen molar-refractivity contribution in [3.8, 4) is 0 Å². The van der Waals surface area contributed by atoms with Crippen LogP contribution in [0, 0.1) is 23.3 Å². The van der Waals surface area contributed by atoms with E-state index >= 15 is 0 Å². The Morgan fingerprint density at radius 1 is 1.03 bits per heavy atom. The highest BCUT2D eigenvalue weighted by atomic mass is 19.2. The Morgan fingerprint density at radius 2 is 1.66 bits per heavy atom. The summed E-state index contributed by atoms with van der Waals surface area (Å²) in [7, 11) is 0. The van der Waals surface area contributed by atoms with Crippen molar-refractivity contribution >= 4 is 35.1 Å². The summed E-state index contributed by atoms with van der Waals surface area (Å²) < 4.78 is 60.5. The molecule has 0 saturated carbocycles. The van der Waals surface area contributed by atoms with Crippen LogP contribution in [0.5, 0.6) is 0 Å². The fraction of sp³-hybridized carbons (Fsp3) is 0.238. The zero-order valence-electron chi connectivity index (χ0n) is 17.8. The Bertz CT molecular complexity index is 1240. The Balaban J connectivity index is 1.48. The van der Waals surface area contributed by atoms with E-state index in [-0.39, 0.29) is 28.8 Å². The summed E-state index contributed by atoms with van der Waals surface area (Å²) in [5.74, 6) is -11.2. The van der Waals surface area contributed by atoms with Crippen LogP contribution >= 0.6 is 0 Å². The Kier molecular flexibility index (Phi) is 6.20. The molecule has 0 aromatic heterocycles. The number of ether oxygens (including phenoxy) is 1. The fourth-order valence-corrected chi connectivity index (χ4v) is 3.58. The Labute approximate surface area is 194 Å². The fourth-order valence-electron chi connectivity index (χ4n) is 3.58. The number of rotatable bonds is 6. The molecule has 1 N–H and O–H groups in total. The largest absolute Gasteiger partial charge is 0.462 e. The van der Waals surface area contributed by atoms with Crippen LogP contribution in [-0.4, -0.2) is 53.9 Å². The second kappa shape index (κ2) is 9.12. The van der Waals surface area contributed by atoms with Crippen LogP contribution in [0.25, 0.3) is 0 Å². The van der Waals surface area contributed by atoms with Crippen molar-refractivity contribution in [1.82, 2.24) is 5.01 Å². The number of hydrogen-bond donors (Lipinski definition) is 1. The number of esters is 1. The predicted octanol–water partition coefficient (Wildman–Crippen LogP) is 2.35. The Hall–Kier alpha value is -4.36. The van der Waals surface area contributed by atoms with Gasteiger partial charge in [-0.15, -0.1) is 0 Å². The second-order valence-electron chi connectivity index (χ2n) is 7.37. The van der Waals surface area contributed by atoms with Gasteiger partial charge in [-0.3, -0.25) is 19.4 Å². The van der Waals surface area contributed by atoms with E-state index in [2.05, 4.69) is 15.7 Å². The summed E-state index contributed by atoms with van der Waals surface area (Å²) in [4.78, 5) is 49.5. The van der Waals surface area contributed by atoms with Gasteiger partial charge in [0.1, 0.15) is 12.2 Å². The number of benzene rings is 2. The number of hydrogen-bond acceptors (Lipinski definition) is 8. The third kappa shape index (κ3) is 4.18.